The number of morpholine rings is 1. The van der Waals surface area contributed by atoms with Crippen LogP contribution in [-0.4, -0.2) is 59.8 Å². The largest absolute Gasteiger partial charge is 0.493 e. The maximum Gasteiger partial charge on any atom is 0.320 e. The highest BCUT2D eigenvalue weighted by Crippen LogP contribution is 2.32. The average molecular weight is 475 g/mol. The molecule has 0 bridgehead atoms. The van der Waals surface area contributed by atoms with Gasteiger partial charge in [0.05, 0.1) is 24.2 Å². The van der Waals surface area contributed by atoms with Gasteiger partial charge in [0.2, 0.25) is 5.95 Å². The van der Waals surface area contributed by atoms with E-state index in [0.29, 0.717) is 48.3 Å². The summed E-state index contributed by atoms with van der Waals surface area (Å²) in [6, 6.07) is 7.85. The molecule has 0 aliphatic carbocycles. The minimum absolute atomic E-state index is 0.00857. The van der Waals surface area contributed by atoms with Crippen LogP contribution < -0.4 is 14.8 Å². The first-order chi connectivity index (χ1) is 15.7. The molecule has 0 spiro atoms. The van der Waals surface area contributed by atoms with Crippen LogP contribution in [0.25, 0.3) is 10.9 Å². The monoisotopic (exact) mass is 474 g/mol. The van der Waals surface area contributed by atoms with Gasteiger partial charge in [-0.2, -0.15) is 0 Å². The van der Waals surface area contributed by atoms with Crippen molar-refractivity contribution in [3.05, 3.63) is 47.4 Å². The number of aromatic nitrogens is 2. The number of benzene rings is 2. The molecule has 4 rings (SSSR count). The number of hydrogen-bond donors (Lipinski definition) is 1. The molecule has 1 fully saturated rings. The van der Waals surface area contributed by atoms with Crippen molar-refractivity contribution in [1.82, 2.24) is 14.9 Å². The van der Waals surface area contributed by atoms with Crippen LogP contribution in [0.15, 0.2) is 36.5 Å². The summed E-state index contributed by atoms with van der Waals surface area (Å²) in [6.45, 7) is 5.59. The summed E-state index contributed by atoms with van der Waals surface area (Å²) in [5.41, 5.74) is 0.695. The van der Waals surface area contributed by atoms with Crippen LogP contribution in [0.3, 0.4) is 0 Å². The quantitative estimate of drug-likeness (QED) is 0.510. The third kappa shape index (κ3) is 5.61. The van der Waals surface area contributed by atoms with E-state index >= 15 is 0 Å². The lowest BCUT2D eigenvalue weighted by molar-refractivity contribution is -0.169. The van der Waals surface area contributed by atoms with Crippen molar-refractivity contribution >= 4 is 40.1 Å². The smallest absolute Gasteiger partial charge is 0.320 e. The third-order valence-corrected chi connectivity index (χ3v) is 5.34. The number of carbonyl (C=O) groups excluding carboxylic acids is 1. The molecule has 1 N–H and O–H groups in total. The fraction of sp³-hybridized carbons (Fsp3) is 0.348. The van der Waals surface area contributed by atoms with Crippen molar-refractivity contribution in [3.8, 4) is 11.5 Å². The second kappa shape index (κ2) is 9.36. The first-order valence-corrected chi connectivity index (χ1v) is 10.7. The Morgan fingerprint density at radius 2 is 2.09 bits per heavy atom. The van der Waals surface area contributed by atoms with Gasteiger partial charge < -0.3 is 19.5 Å². The molecule has 0 atom stereocenters. The van der Waals surface area contributed by atoms with Gasteiger partial charge in [-0.25, -0.2) is 14.4 Å². The molecule has 1 saturated heterocycles. The first-order valence-electron chi connectivity index (χ1n) is 10.4. The van der Waals surface area contributed by atoms with Crippen molar-refractivity contribution in [2.75, 3.05) is 38.7 Å². The molecule has 174 valence electrons. The minimum atomic E-state index is -0.516. The molecule has 0 saturated carbocycles. The molecule has 3 aromatic rings. The predicted molar refractivity (Wildman–Crippen MR) is 123 cm³/mol. The van der Waals surface area contributed by atoms with Gasteiger partial charge in [0.25, 0.3) is 0 Å². The minimum Gasteiger partial charge on any atom is -0.493 e. The van der Waals surface area contributed by atoms with E-state index in [2.05, 4.69) is 15.3 Å². The van der Waals surface area contributed by atoms with E-state index < -0.39 is 11.4 Å². The SMILES string of the molecule is COc1cc2nc(Nc3ccc(F)c(Cl)c3)ncc2cc1OCCN1CC(=O)OC(C)(C)C1. The molecule has 2 heterocycles. The van der Waals surface area contributed by atoms with E-state index in [1.165, 1.54) is 12.1 Å². The summed E-state index contributed by atoms with van der Waals surface area (Å²) in [4.78, 5) is 22.6. The molecule has 1 aliphatic rings. The number of cyclic esters (lactones) is 1. The van der Waals surface area contributed by atoms with Gasteiger partial charge in [-0.3, -0.25) is 9.69 Å². The maximum atomic E-state index is 13.4. The molecule has 0 radical (unpaired) electrons. The fourth-order valence-corrected chi connectivity index (χ4v) is 3.85. The standard InChI is InChI=1S/C23H24ClFN4O4/c1-23(2)13-29(12-21(30)33-23)6-7-32-20-8-14-11-26-22(28-18(14)10-19(20)31-3)27-15-4-5-17(25)16(24)9-15/h4-5,8-11H,6-7,12-13H2,1-3H3,(H,26,27,28). The number of nitrogens with zero attached hydrogens (tertiary/aromatic N) is 3. The Morgan fingerprint density at radius 1 is 1.27 bits per heavy atom. The maximum absolute atomic E-state index is 13.4. The zero-order valence-electron chi connectivity index (χ0n) is 18.5. The number of esters is 1. The van der Waals surface area contributed by atoms with E-state index in [9.17, 15) is 9.18 Å². The normalized spacial score (nSPS) is 15.8. The number of anilines is 2. The van der Waals surface area contributed by atoms with E-state index in [0.717, 1.165) is 5.39 Å². The average Bonchev–Trinajstić information content (AvgIpc) is 2.74. The zero-order chi connectivity index (χ0) is 23.6. The number of rotatable bonds is 7. The Balaban J connectivity index is 1.46. The second-order valence-corrected chi connectivity index (χ2v) is 8.71. The van der Waals surface area contributed by atoms with Gasteiger partial charge in [-0.1, -0.05) is 11.6 Å². The molecule has 10 heteroatoms. The van der Waals surface area contributed by atoms with Crippen LogP contribution in [0.2, 0.25) is 5.02 Å². The molecule has 0 unspecified atom stereocenters. The van der Waals surface area contributed by atoms with Crippen molar-refractivity contribution in [2.45, 2.75) is 19.4 Å². The van der Waals surface area contributed by atoms with Crippen LogP contribution in [0.1, 0.15) is 13.8 Å². The molecule has 8 nitrogen and oxygen atoms in total. The van der Waals surface area contributed by atoms with Crippen molar-refractivity contribution in [1.29, 1.82) is 0 Å². The van der Waals surface area contributed by atoms with E-state index in [1.807, 2.05) is 18.7 Å². The number of ether oxygens (including phenoxy) is 3. The third-order valence-electron chi connectivity index (χ3n) is 5.05. The fourth-order valence-electron chi connectivity index (χ4n) is 3.67. The number of nitrogens with one attached hydrogen (secondary N) is 1. The van der Waals surface area contributed by atoms with Crippen LogP contribution >= 0.6 is 11.6 Å². The van der Waals surface area contributed by atoms with Gasteiger partial charge in [0.15, 0.2) is 11.5 Å². The van der Waals surface area contributed by atoms with E-state index in [1.54, 1.807) is 31.5 Å². The molecule has 0 amide bonds. The predicted octanol–water partition coefficient (Wildman–Crippen LogP) is 4.19. The Morgan fingerprint density at radius 3 is 2.82 bits per heavy atom. The topological polar surface area (TPSA) is 85.8 Å². The Labute approximate surface area is 195 Å². The highest BCUT2D eigenvalue weighted by atomic mass is 35.5. The lowest BCUT2D eigenvalue weighted by Crippen LogP contribution is -2.51. The second-order valence-electron chi connectivity index (χ2n) is 8.30. The summed E-state index contributed by atoms with van der Waals surface area (Å²) in [5.74, 6) is 0.677. The zero-order valence-corrected chi connectivity index (χ0v) is 19.3. The van der Waals surface area contributed by atoms with Gasteiger partial charge in [0, 0.05) is 36.4 Å². The molecule has 1 aromatic heterocycles. The van der Waals surface area contributed by atoms with Crippen molar-refractivity contribution in [2.24, 2.45) is 0 Å². The summed E-state index contributed by atoms with van der Waals surface area (Å²) in [6.07, 6.45) is 1.66. The number of halogens is 2. The Kier molecular flexibility index (Phi) is 6.53. The van der Waals surface area contributed by atoms with Crippen LogP contribution in [0.5, 0.6) is 11.5 Å². The summed E-state index contributed by atoms with van der Waals surface area (Å²) >= 11 is 5.83. The highest BCUT2D eigenvalue weighted by Gasteiger charge is 2.32. The Hall–Kier alpha value is -3.17. The number of carbonyl (C=O) groups is 1. The highest BCUT2D eigenvalue weighted by molar-refractivity contribution is 6.31. The van der Waals surface area contributed by atoms with Crippen molar-refractivity contribution < 1.29 is 23.4 Å². The molecule has 2 aromatic carbocycles. The van der Waals surface area contributed by atoms with Crippen LogP contribution in [0, 0.1) is 5.82 Å². The molecular weight excluding hydrogens is 451 g/mol. The lowest BCUT2D eigenvalue weighted by atomic mass is 10.1. The Bertz CT molecular complexity index is 1190. The van der Waals surface area contributed by atoms with Gasteiger partial charge in [-0.15, -0.1) is 0 Å². The number of methoxy groups -OCH3 is 1. The van der Waals surface area contributed by atoms with Crippen LogP contribution in [-0.2, 0) is 9.53 Å². The van der Waals surface area contributed by atoms with Gasteiger partial charge in [0.1, 0.15) is 18.0 Å². The van der Waals surface area contributed by atoms with E-state index in [-0.39, 0.29) is 17.5 Å². The summed E-state index contributed by atoms with van der Waals surface area (Å²) in [7, 11) is 1.55. The van der Waals surface area contributed by atoms with Gasteiger partial charge in [-0.05, 0) is 38.1 Å². The van der Waals surface area contributed by atoms with Gasteiger partial charge >= 0.3 is 5.97 Å². The molecule has 33 heavy (non-hydrogen) atoms. The van der Waals surface area contributed by atoms with Crippen molar-refractivity contribution in [3.63, 3.8) is 0 Å². The lowest BCUT2D eigenvalue weighted by Gasteiger charge is -2.37. The molecule has 1 aliphatic heterocycles. The number of hydrogen-bond acceptors (Lipinski definition) is 8. The first kappa shape index (κ1) is 23.0. The summed E-state index contributed by atoms with van der Waals surface area (Å²) in [5, 5.41) is 3.78. The van der Waals surface area contributed by atoms with Crippen LogP contribution in [0.4, 0.5) is 16.0 Å². The number of fused-ring (bicyclic) bond motifs is 1. The molecular formula is C23H24ClFN4O4. The van der Waals surface area contributed by atoms with E-state index in [4.69, 9.17) is 25.8 Å². The summed E-state index contributed by atoms with van der Waals surface area (Å²) < 4.78 is 30.1.